The number of likely N-dealkylation sites (N-methyl/N-ethyl adjacent to an activating group) is 1. The summed E-state index contributed by atoms with van der Waals surface area (Å²) >= 11 is 0. The molecule has 0 radical (unpaired) electrons. The van der Waals surface area contributed by atoms with E-state index in [9.17, 15) is 9.59 Å². The SMILES string of the molecule is CCN(CCOC)C(=O)N(CC(=O)O)C(C)(C)C. The van der Waals surface area contributed by atoms with Gasteiger partial charge in [0.05, 0.1) is 6.61 Å². The van der Waals surface area contributed by atoms with Crippen LogP contribution in [-0.2, 0) is 9.53 Å². The minimum absolute atomic E-state index is 0.274. The fourth-order valence-electron chi connectivity index (χ4n) is 1.49. The third kappa shape index (κ3) is 5.35. The third-order valence-electron chi connectivity index (χ3n) is 2.55. The van der Waals surface area contributed by atoms with Gasteiger partial charge in [-0.2, -0.15) is 0 Å². The summed E-state index contributed by atoms with van der Waals surface area (Å²) < 4.78 is 4.94. The zero-order valence-electron chi connectivity index (χ0n) is 11.9. The number of methoxy groups -OCH3 is 1. The summed E-state index contributed by atoms with van der Waals surface area (Å²) in [5, 5.41) is 8.89. The van der Waals surface area contributed by atoms with E-state index in [1.54, 1.807) is 12.0 Å². The number of carboxylic acid groups (broad SMARTS) is 1. The molecule has 0 bridgehead atoms. The van der Waals surface area contributed by atoms with Gasteiger partial charge in [0.1, 0.15) is 6.54 Å². The monoisotopic (exact) mass is 260 g/mol. The minimum Gasteiger partial charge on any atom is -0.480 e. The molecule has 0 aromatic carbocycles. The van der Waals surface area contributed by atoms with E-state index >= 15 is 0 Å². The lowest BCUT2D eigenvalue weighted by atomic mass is 10.1. The molecule has 0 saturated carbocycles. The number of hydrogen-bond acceptors (Lipinski definition) is 3. The van der Waals surface area contributed by atoms with Gasteiger partial charge < -0.3 is 19.6 Å². The van der Waals surface area contributed by atoms with Crippen LogP contribution in [0.5, 0.6) is 0 Å². The second-order valence-corrected chi connectivity index (χ2v) is 5.01. The van der Waals surface area contributed by atoms with Crippen LogP contribution in [0, 0.1) is 0 Å². The van der Waals surface area contributed by atoms with E-state index in [4.69, 9.17) is 9.84 Å². The Hall–Kier alpha value is -1.30. The number of amides is 2. The molecule has 0 aliphatic carbocycles. The van der Waals surface area contributed by atoms with Gasteiger partial charge in [0, 0.05) is 25.7 Å². The van der Waals surface area contributed by atoms with Crippen molar-refractivity contribution in [2.75, 3.05) is 33.4 Å². The van der Waals surface area contributed by atoms with Crippen LogP contribution < -0.4 is 0 Å². The Balaban J connectivity index is 4.86. The summed E-state index contributed by atoms with van der Waals surface area (Å²) in [5.41, 5.74) is -0.532. The lowest BCUT2D eigenvalue weighted by Gasteiger charge is -2.38. The van der Waals surface area contributed by atoms with Crippen LogP contribution in [0.4, 0.5) is 4.79 Å². The molecule has 0 unspecified atom stereocenters. The van der Waals surface area contributed by atoms with Crippen molar-refractivity contribution < 1.29 is 19.4 Å². The van der Waals surface area contributed by atoms with Crippen LogP contribution in [0.2, 0.25) is 0 Å². The molecule has 0 aromatic heterocycles. The van der Waals surface area contributed by atoms with Gasteiger partial charge in [-0.15, -0.1) is 0 Å². The Morgan fingerprint density at radius 3 is 2.17 bits per heavy atom. The number of aliphatic carboxylic acids is 1. The molecule has 0 heterocycles. The minimum atomic E-state index is -1.01. The third-order valence-corrected chi connectivity index (χ3v) is 2.55. The van der Waals surface area contributed by atoms with Crippen LogP contribution in [-0.4, -0.2) is 65.8 Å². The van der Waals surface area contributed by atoms with E-state index in [0.717, 1.165) is 0 Å². The van der Waals surface area contributed by atoms with Crippen molar-refractivity contribution in [3.63, 3.8) is 0 Å². The largest absolute Gasteiger partial charge is 0.480 e. The van der Waals surface area contributed by atoms with E-state index in [0.29, 0.717) is 19.7 Å². The van der Waals surface area contributed by atoms with Crippen molar-refractivity contribution in [1.29, 1.82) is 0 Å². The quantitative estimate of drug-likeness (QED) is 0.780. The van der Waals surface area contributed by atoms with Crippen LogP contribution in [0.15, 0.2) is 0 Å². The fourth-order valence-corrected chi connectivity index (χ4v) is 1.49. The maximum absolute atomic E-state index is 12.3. The highest BCUT2D eigenvalue weighted by molar-refractivity contribution is 5.80. The fraction of sp³-hybridized carbons (Fsp3) is 0.833. The number of carbonyl (C=O) groups excluding carboxylic acids is 1. The van der Waals surface area contributed by atoms with Crippen LogP contribution >= 0.6 is 0 Å². The molecular formula is C12H24N2O4. The van der Waals surface area contributed by atoms with Gasteiger partial charge in [-0.05, 0) is 27.7 Å². The Labute approximate surface area is 109 Å². The summed E-state index contributed by atoms with van der Waals surface area (Å²) in [7, 11) is 1.57. The summed E-state index contributed by atoms with van der Waals surface area (Å²) in [6.45, 7) is 8.42. The Bertz CT molecular complexity index is 286. The number of urea groups is 1. The van der Waals surface area contributed by atoms with Crippen molar-refractivity contribution in [2.45, 2.75) is 33.2 Å². The van der Waals surface area contributed by atoms with Crippen molar-refractivity contribution in [3.8, 4) is 0 Å². The van der Waals surface area contributed by atoms with E-state index in [2.05, 4.69) is 0 Å². The number of carboxylic acids is 1. The normalized spacial score (nSPS) is 11.2. The molecule has 0 atom stereocenters. The van der Waals surface area contributed by atoms with Gasteiger partial charge in [-0.1, -0.05) is 0 Å². The second kappa shape index (κ2) is 7.20. The van der Waals surface area contributed by atoms with Crippen molar-refractivity contribution >= 4 is 12.0 Å². The second-order valence-electron chi connectivity index (χ2n) is 5.01. The number of nitrogens with zero attached hydrogens (tertiary/aromatic N) is 2. The van der Waals surface area contributed by atoms with E-state index < -0.39 is 11.5 Å². The smallest absolute Gasteiger partial charge is 0.323 e. The Morgan fingerprint density at radius 2 is 1.83 bits per heavy atom. The van der Waals surface area contributed by atoms with Gasteiger partial charge in [-0.3, -0.25) is 4.79 Å². The first-order valence-corrected chi connectivity index (χ1v) is 6.01. The number of hydrogen-bond donors (Lipinski definition) is 1. The van der Waals surface area contributed by atoms with Gasteiger partial charge in [0.2, 0.25) is 0 Å². The van der Waals surface area contributed by atoms with E-state index in [1.807, 2.05) is 27.7 Å². The topological polar surface area (TPSA) is 70.1 Å². The molecule has 0 aliphatic rings. The molecule has 6 nitrogen and oxygen atoms in total. The molecule has 106 valence electrons. The first-order valence-electron chi connectivity index (χ1n) is 6.01. The average molecular weight is 260 g/mol. The van der Waals surface area contributed by atoms with Crippen LogP contribution in [0.1, 0.15) is 27.7 Å². The standard InChI is InChI=1S/C12H24N2O4/c1-6-13(7-8-18-5)11(17)14(9-10(15)16)12(2,3)4/h6-9H2,1-5H3,(H,15,16). The molecule has 6 heteroatoms. The predicted molar refractivity (Wildman–Crippen MR) is 68.6 cm³/mol. The van der Waals surface area contributed by atoms with Crippen LogP contribution in [0.3, 0.4) is 0 Å². The molecule has 2 amide bonds. The zero-order valence-corrected chi connectivity index (χ0v) is 11.9. The predicted octanol–water partition coefficient (Wildman–Crippen LogP) is 1.26. The van der Waals surface area contributed by atoms with E-state index in [-0.39, 0.29) is 12.6 Å². The summed E-state index contributed by atoms with van der Waals surface area (Å²) in [5.74, 6) is -1.01. The maximum atomic E-state index is 12.3. The summed E-state index contributed by atoms with van der Waals surface area (Å²) in [6, 6.07) is -0.274. The molecule has 0 fully saturated rings. The highest BCUT2D eigenvalue weighted by Crippen LogP contribution is 2.15. The van der Waals surface area contributed by atoms with Gasteiger partial charge in [0.15, 0.2) is 0 Å². The highest BCUT2D eigenvalue weighted by Gasteiger charge is 2.31. The molecular weight excluding hydrogens is 236 g/mol. The van der Waals surface area contributed by atoms with Crippen LogP contribution in [0.25, 0.3) is 0 Å². The molecule has 0 aromatic rings. The molecule has 0 saturated heterocycles. The Morgan fingerprint density at radius 1 is 1.28 bits per heavy atom. The Kier molecular flexibility index (Phi) is 6.68. The van der Waals surface area contributed by atoms with Crippen molar-refractivity contribution in [2.24, 2.45) is 0 Å². The number of rotatable bonds is 6. The zero-order chi connectivity index (χ0) is 14.3. The highest BCUT2D eigenvalue weighted by atomic mass is 16.5. The lowest BCUT2D eigenvalue weighted by Crippen LogP contribution is -2.54. The summed E-state index contributed by atoms with van der Waals surface area (Å²) in [6.07, 6.45) is 0. The van der Waals surface area contributed by atoms with Gasteiger partial charge in [0.25, 0.3) is 0 Å². The number of ether oxygens (including phenoxy) is 1. The maximum Gasteiger partial charge on any atom is 0.323 e. The van der Waals surface area contributed by atoms with Crippen molar-refractivity contribution in [3.05, 3.63) is 0 Å². The van der Waals surface area contributed by atoms with E-state index in [1.165, 1.54) is 4.90 Å². The molecule has 0 rings (SSSR count). The van der Waals surface area contributed by atoms with Crippen molar-refractivity contribution in [1.82, 2.24) is 9.80 Å². The lowest BCUT2D eigenvalue weighted by molar-refractivity contribution is -0.138. The number of carbonyl (C=O) groups is 2. The molecule has 0 aliphatic heterocycles. The first-order chi connectivity index (χ1) is 8.23. The van der Waals surface area contributed by atoms with Gasteiger partial charge >= 0.3 is 12.0 Å². The summed E-state index contributed by atoms with van der Waals surface area (Å²) in [4.78, 5) is 26.1. The molecule has 0 spiro atoms. The molecule has 18 heavy (non-hydrogen) atoms. The van der Waals surface area contributed by atoms with Gasteiger partial charge in [-0.25, -0.2) is 4.79 Å². The average Bonchev–Trinajstić information content (AvgIpc) is 2.25. The molecule has 1 N–H and O–H groups in total. The first kappa shape index (κ1) is 16.7.